The molecule has 0 aromatic heterocycles. The van der Waals surface area contributed by atoms with Gasteiger partial charge in [0.05, 0.1) is 37.4 Å². The average Bonchev–Trinajstić information content (AvgIpc) is 2.67. The molecule has 0 spiro atoms. The minimum absolute atomic E-state index is 0.0266. The van der Waals surface area contributed by atoms with Gasteiger partial charge in [-0.15, -0.1) is 0 Å². The zero-order valence-corrected chi connectivity index (χ0v) is 17.4. The summed E-state index contributed by atoms with van der Waals surface area (Å²) in [5.41, 5.74) is -1.34. The Labute approximate surface area is 177 Å². The van der Waals surface area contributed by atoms with Gasteiger partial charge in [-0.05, 0) is 49.2 Å². The third-order valence-corrected chi connectivity index (χ3v) is 5.22. The van der Waals surface area contributed by atoms with Gasteiger partial charge >= 0.3 is 6.18 Å². The van der Waals surface area contributed by atoms with Gasteiger partial charge in [0.25, 0.3) is 0 Å². The Bertz CT molecular complexity index is 971. The molecular weight excluding hydrogens is 419 g/mol. The van der Waals surface area contributed by atoms with Crippen molar-refractivity contribution in [3.63, 3.8) is 0 Å². The number of aryl methyl sites for hydroxylation is 1. The van der Waals surface area contributed by atoms with Crippen molar-refractivity contribution in [1.82, 2.24) is 4.90 Å². The number of aliphatic imine (C=N–C) groups is 1. The zero-order chi connectivity index (χ0) is 22.8. The summed E-state index contributed by atoms with van der Waals surface area (Å²) in [5, 5.41) is 0. The summed E-state index contributed by atoms with van der Waals surface area (Å²) >= 11 is 0. The van der Waals surface area contributed by atoms with Crippen LogP contribution in [0.25, 0.3) is 0 Å². The molecule has 168 valence electrons. The molecule has 4 nitrogen and oxygen atoms in total. The van der Waals surface area contributed by atoms with E-state index in [2.05, 4.69) is 4.99 Å². The maximum atomic E-state index is 14.9. The second-order valence-electron chi connectivity index (χ2n) is 7.51. The normalized spacial score (nSPS) is 15.9. The lowest BCUT2D eigenvalue weighted by molar-refractivity contribution is -0.225. The third-order valence-electron chi connectivity index (χ3n) is 5.22. The Morgan fingerprint density at radius 3 is 2.48 bits per heavy atom. The molecule has 0 saturated carbocycles. The molecule has 1 heterocycles. The first kappa shape index (κ1) is 23.1. The Morgan fingerprint density at radius 1 is 1.19 bits per heavy atom. The van der Waals surface area contributed by atoms with Crippen LogP contribution in [0.5, 0.6) is 0 Å². The Morgan fingerprint density at radius 2 is 1.90 bits per heavy atom. The van der Waals surface area contributed by atoms with Crippen molar-refractivity contribution in [3.05, 3.63) is 64.2 Å². The van der Waals surface area contributed by atoms with Crippen LogP contribution in [-0.4, -0.2) is 38.0 Å². The van der Waals surface area contributed by atoms with Gasteiger partial charge in [0, 0.05) is 25.2 Å². The van der Waals surface area contributed by atoms with Crippen molar-refractivity contribution in [2.24, 2.45) is 4.99 Å². The molecule has 0 atom stereocenters. The maximum Gasteiger partial charge on any atom is 0.416 e. The number of alkyl halides is 3. The molecule has 2 aromatic carbocycles. The van der Waals surface area contributed by atoms with Gasteiger partial charge in [-0.3, -0.25) is 0 Å². The minimum atomic E-state index is -4.66. The molecular formula is C22H23F5N2O2. The van der Waals surface area contributed by atoms with Crippen molar-refractivity contribution >= 4 is 12.0 Å². The van der Waals surface area contributed by atoms with Crippen molar-refractivity contribution in [2.45, 2.75) is 32.2 Å². The van der Waals surface area contributed by atoms with E-state index in [1.807, 2.05) is 18.9 Å². The van der Waals surface area contributed by atoms with E-state index in [9.17, 15) is 22.0 Å². The Hall–Kier alpha value is -2.52. The van der Waals surface area contributed by atoms with Gasteiger partial charge in [-0.1, -0.05) is 0 Å². The van der Waals surface area contributed by atoms with Crippen LogP contribution >= 0.6 is 0 Å². The number of rotatable bonds is 7. The summed E-state index contributed by atoms with van der Waals surface area (Å²) in [4.78, 5) is 6.09. The molecule has 9 heteroatoms. The standard InChI is InChI=1S/C22H23F5N2O2/c1-4-29(3)13-28-20-9-19(24)18(7-14(20)2)21(11-30-12-21)31-10-15-8-16(23)5-6-17(15)22(25,26)27/h5-9,13H,4,10-12H2,1-3H3. The largest absolute Gasteiger partial charge is 0.416 e. The van der Waals surface area contributed by atoms with E-state index >= 15 is 0 Å². The van der Waals surface area contributed by atoms with E-state index < -0.39 is 35.6 Å². The molecule has 31 heavy (non-hydrogen) atoms. The number of ether oxygens (including phenoxy) is 2. The summed E-state index contributed by atoms with van der Waals surface area (Å²) < 4.78 is 79.2. The highest BCUT2D eigenvalue weighted by Crippen LogP contribution is 2.40. The quantitative estimate of drug-likeness (QED) is 0.330. The van der Waals surface area contributed by atoms with E-state index in [1.54, 1.807) is 19.3 Å². The second-order valence-corrected chi connectivity index (χ2v) is 7.51. The lowest BCUT2D eigenvalue weighted by Gasteiger charge is -2.42. The predicted molar refractivity (Wildman–Crippen MR) is 106 cm³/mol. The van der Waals surface area contributed by atoms with Crippen molar-refractivity contribution in [2.75, 3.05) is 26.8 Å². The number of benzene rings is 2. The highest BCUT2D eigenvalue weighted by atomic mass is 19.4. The van der Waals surface area contributed by atoms with Crippen LogP contribution in [0, 0.1) is 18.6 Å². The van der Waals surface area contributed by atoms with Gasteiger partial charge in [0.2, 0.25) is 0 Å². The van der Waals surface area contributed by atoms with Gasteiger partial charge in [-0.2, -0.15) is 13.2 Å². The summed E-state index contributed by atoms with van der Waals surface area (Å²) in [6.45, 7) is 3.83. The molecule has 1 fully saturated rings. The molecule has 1 saturated heterocycles. The monoisotopic (exact) mass is 442 g/mol. The fourth-order valence-corrected chi connectivity index (χ4v) is 3.18. The molecule has 0 N–H and O–H groups in total. The molecule has 0 aliphatic carbocycles. The number of nitrogens with zero attached hydrogens (tertiary/aromatic N) is 2. The highest BCUT2D eigenvalue weighted by Gasteiger charge is 2.44. The number of halogens is 5. The van der Waals surface area contributed by atoms with Gasteiger partial charge in [0.1, 0.15) is 17.2 Å². The molecule has 1 aliphatic heterocycles. The lowest BCUT2D eigenvalue weighted by atomic mass is 9.89. The molecule has 0 amide bonds. The Balaban J connectivity index is 1.88. The SMILES string of the molecule is CCN(C)C=Nc1cc(F)c(C2(OCc3cc(F)ccc3C(F)(F)F)COC2)cc1C. The van der Waals surface area contributed by atoms with Crippen LogP contribution in [0.15, 0.2) is 35.3 Å². The van der Waals surface area contributed by atoms with Crippen LogP contribution in [0.4, 0.5) is 27.6 Å². The molecule has 0 unspecified atom stereocenters. The van der Waals surface area contributed by atoms with Crippen molar-refractivity contribution < 1.29 is 31.4 Å². The lowest BCUT2D eigenvalue weighted by Crippen LogP contribution is -2.49. The molecule has 3 rings (SSSR count). The summed E-state index contributed by atoms with van der Waals surface area (Å²) in [5.74, 6) is -1.41. The zero-order valence-electron chi connectivity index (χ0n) is 17.4. The van der Waals surface area contributed by atoms with Crippen molar-refractivity contribution in [3.8, 4) is 0 Å². The van der Waals surface area contributed by atoms with E-state index in [-0.39, 0.29) is 24.3 Å². The fourth-order valence-electron chi connectivity index (χ4n) is 3.18. The van der Waals surface area contributed by atoms with Crippen LogP contribution < -0.4 is 0 Å². The first-order valence-electron chi connectivity index (χ1n) is 9.68. The fraction of sp³-hybridized carbons (Fsp3) is 0.409. The average molecular weight is 442 g/mol. The van der Waals surface area contributed by atoms with Crippen molar-refractivity contribution in [1.29, 1.82) is 0 Å². The predicted octanol–water partition coefficient (Wildman–Crippen LogP) is 5.35. The third kappa shape index (κ3) is 5.04. The van der Waals surface area contributed by atoms with Crippen LogP contribution in [-0.2, 0) is 27.9 Å². The maximum absolute atomic E-state index is 14.9. The Kier molecular flexibility index (Phi) is 6.66. The smallest absolute Gasteiger partial charge is 0.375 e. The van der Waals surface area contributed by atoms with Gasteiger partial charge in [0.15, 0.2) is 0 Å². The van der Waals surface area contributed by atoms with E-state index in [0.29, 0.717) is 17.3 Å². The number of hydrogen-bond acceptors (Lipinski definition) is 3. The van der Waals surface area contributed by atoms with Crippen LogP contribution in [0.1, 0.15) is 29.2 Å². The van der Waals surface area contributed by atoms with E-state index in [4.69, 9.17) is 9.47 Å². The van der Waals surface area contributed by atoms with Gasteiger partial charge < -0.3 is 14.4 Å². The van der Waals surface area contributed by atoms with Gasteiger partial charge in [-0.25, -0.2) is 13.8 Å². The summed E-state index contributed by atoms with van der Waals surface area (Å²) in [6.07, 6.45) is -3.08. The topological polar surface area (TPSA) is 34.1 Å². The van der Waals surface area contributed by atoms with Crippen LogP contribution in [0.2, 0.25) is 0 Å². The minimum Gasteiger partial charge on any atom is -0.375 e. The van der Waals surface area contributed by atoms with E-state index in [1.165, 1.54) is 6.07 Å². The summed E-state index contributed by atoms with van der Waals surface area (Å²) in [6, 6.07) is 5.01. The summed E-state index contributed by atoms with van der Waals surface area (Å²) in [7, 11) is 1.83. The molecule has 1 aliphatic rings. The molecule has 0 bridgehead atoms. The molecule has 0 radical (unpaired) electrons. The first-order valence-corrected chi connectivity index (χ1v) is 9.68. The van der Waals surface area contributed by atoms with Crippen LogP contribution in [0.3, 0.4) is 0 Å². The molecule has 2 aromatic rings. The second kappa shape index (κ2) is 8.92. The number of hydrogen-bond donors (Lipinski definition) is 0. The highest BCUT2D eigenvalue weighted by molar-refractivity contribution is 5.63. The van der Waals surface area contributed by atoms with E-state index in [0.717, 1.165) is 18.7 Å². The first-order chi connectivity index (χ1) is 14.6.